The minimum atomic E-state index is 0.365. The van der Waals surface area contributed by atoms with Gasteiger partial charge in [-0.3, -0.25) is 0 Å². The van der Waals surface area contributed by atoms with Gasteiger partial charge in [0.1, 0.15) is 0 Å². The lowest BCUT2D eigenvalue weighted by Gasteiger charge is -2.19. The third-order valence-electron chi connectivity index (χ3n) is 2.50. The number of hydrogen-bond acceptors (Lipinski definition) is 5. The highest BCUT2D eigenvalue weighted by Crippen LogP contribution is 2.25. The Morgan fingerprint density at radius 2 is 2.21 bits per heavy atom. The van der Waals surface area contributed by atoms with E-state index in [1.807, 2.05) is 11.8 Å². The fourth-order valence-corrected chi connectivity index (χ4v) is 2.86. The molecule has 0 atom stereocenters. The monoisotopic (exact) mass is 213 g/mol. The molecular weight excluding hydrogens is 198 g/mol. The summed E-state index contributed by atoms with van der Waals surface area (Å²) in [5.74, 6) is 4.63. The van der Waals surface area contributed by atoms with E-state index >= 15 is 0 Å². The number of aromatic nitrogens is 2. The summed E-state index contributed by atoms with van der Waals surface area (Å²) in [4.78, 5) is 4.21. The Morgan fingerprint density at radius 1 is 1.43 bits per heavy atom. The summed E-state index contributed by atoms with van der Waals surface area (Å²) in [6.07, 6.45) is 3.46. The van der Waals surface area contributed by atoms with Gasteiger partial charge in [-0.05, 0) is 30.3 Å². The van der Waals surface area contributed by atoms with Crippen LogP contribution >= 0.6 is 11.8 Å². The predicted molar refractivity (Wildman–Crippen MR) is 55.9 cm³/mol. The second-order valence-corrected chi connectivity index (χ2v) is 4.79. The zero-order valence-corrected chi connectivity index (χ0v) is 8.92. The van der Waals surface area contributed by atoms with Crippen molar-refractivity contribution in [2.75, 3.05) is 11.5 Å². The Hall–Kier alpha value is -0.550. The Labute approximate surface area is 87.6 Å². The average molecular weight is 213 g/mol. The first-order chi connectivity index (χ1) is 6.88. The molecule has 1 aliphatic heterocycles. The number of hydrogen-bond donors (Lipinski definition) is 1. The van der Waals surface area contributed by atoms with Crippen molar-refractivity contribution in [3.8, 4) is 0 Å². The van der Waals surface area contributed by atoms with Gasteiger partial charge in [-0.15, -0.1) is 0 Å². The van der Waals surface area contributed by atoms with Crippen molar-refractivity contribution in [2.24, 2.45) is 11.7 Å². The standard InChI is InChI=1S/C9H15N3OS/c10-6-8-11-9(13-12-8)5-7-1-3-14-4-2-7/h7H,1-6,10H2. The van der Waals surface area contributed by atoms with Crippen molar-refractivity contribution in [2.45, 2.75) is 25.8 Å². The van der Waals surface area contributed by atoms with Gasteiger partial charge in [0.25, 0.3) is 0 Å². The van der Waals surface area contributed by atoms with E-state index in [4.69, 9.17) is 10.3 Å². The smallest absolute Gasteiger partial charge is 0.226 e. The molecule has 2 heterocycles. The maximum absolute atomic E-state index is 5.41. The van der Waals surface area contributed by atoms with Crippen LogP contribution in [0.4, 0.5) is 0 Å². The van der Waals surface area contributed by atoms with Gasteiger partial charge < -0.3 is 10.3 Å². The van der Waals surface area contributed by atoms with E-state index in [9.17, 15) is 0 Å². The molecular formula is C9H15N3OS. The summed E-state index contributed by atoms with van der Waals surface area (Å²) >= 11 is 2.03. The number of thioether (sulfide) groups is 1. The van der Waals surface area contributed by atoms with Gasteiger partial charge in [0.05, 0.1) is 6.54 Å². The zero-order valence-electron chi connectivity index (χ0n) is 8.11. The Balaban J connectivity index is 1.89. The largest absolute Gasteiger partial charge is 0.339 e. The van der Waals surface area contributed by atoms with Crippen LogP contribution in [0.2, 0.25) is 0 Å². The molecule has 1 saturated heterocycles. The molecule has 0 unspecified atom stereocenters. The van der Waals surface area contributed by atoms with Crippen molar-refractivity contribution in [3.63, 3.8) is 0 Å². The van der Waals surface area contributed by atoms with Crippen LogP contribution in [0, 0.1) is 5.92 Å². The topological polar surface area (TPSA) is 64.9 Å². The molecule has 1 aromatic heterocycles. The molecule has 5 heteroatoms. The van der Waals surface area contributed by atoms with Crippen LogP contribution < -0.4 is 5.73 Å². The molecule has 4 nitrogen and oxygen atoms in total. The summed E-state index contributed by atoms with van der Waals surface area (Å²) in [7, 11) is 0. The van der Waals surface area contributed by atoms with Crippen LogP contribution in [0.15, 0.2) is 4.52 Å². The van der Waals surface area contributed by atoms with E-state index < -0.39 is 0 Å². The lowest BCUT2D eigenvalue weighted by molar-refractivity contribution is 0.341. The summed E-state index contributed by atoms with van der Waals surface area (Å²) in [6, 6.07) is 0. The molecule has 2 N–H and O–H groups in total. The van der Waals surface area contributed by atoms with Crippen molar-refractivity contribution < 1.29 is 4.52 Å². The summed E-state index contributed by atoms with van der Waals surface area (Å²) in [6.45, 7) is 0.365. The highest BCUT2D eigenvalue weighted by atomic mass is 32.2. The highest BCUT2D eigenvalue weighted by molar-refractivity contribution is 7.99. The number of nitrogens with two attached hydrogens (primary N) is 1. The van der Waals surface area contributed by atoms with Crippen LogP contribution in [0.3, 0.4) is 0 Å². The molecule has 0 aliphatic carbocycles. The Morgan fingerprint density at radius 3 is 2.86 bits per heavy atom. The molecule has 0 amide bonds. The third kappa shape index (κ3) is 2.48. The Kier molecular flexibility index (Phi) is 3.42. The SMILES string of the molecule is NCc1noc(CC2CCSCC2)n1. The maximum atomic E-state index is 5.41. The molecule has 14 heavy (non-hydrogen) atoms. The van der Waals surface area contributed by atoms with Crippen molar-refractivity contribution in [3.05, 3.63) is 11.7 Å². The van der Waals surface area contributed by atoms with Gasteiger partial charge in [0.15, 0.2) is 5.82 Å². The van der Waals surface area contributed by atoms with Gasteiger partial charge in [-0.1, -0.05) is 5.16 Å². The van der Waals surface area contributed by atoms with Gasteiger partial charge in [-0.2, -0.15) is 16.7 Å². The lowest BCUT2D eigenvalue weighted by Crippen LogP contribution is -2.12. The van der Waals surface area contributed by atoms with E-state index in [1.165, 1.54) is 24.3 Å². The first-order valence-electron chi connectivity index (χ1n) is 4.97. The summed E-state index contributed by atoms with van der Waals surface area (Å²) < 4.78 is 5.11. The second-order valence-electron chi connectivity index (χ2n) is 3.57. The van der Waals surface area contributed by atoms with Crippen LogP contribution in [0.5, 0.6) is 0 Å². The molecule has 78 valence electrons. The molecule has 1 aromatic rings. The van der Waals surface area contributed by atoms with Crippen LogP contribution in [-0.4, -0.2) is 21.6 Å². The maximum Gasteiger partial charge on any atom is 0.226 e. The molecule has 0 aromatic carbocycles. The molecule has 0 bridgehead atoms. The zero-order chi connectivity index (χ0) is 9.80. The first kappa shape index (κ1) is 9.98. The molecule has 0 spiro atoms. The van der Waals surface area contributed by atoms with Gasteiger partial charge in [0.2, 0.25) is 5.89 Å². The van der Waals surface area contributed by atoms with E-state index in [1.54, 1.807) is 0 Å². The summed E-state index contributed by atoms with van der Waals surface area (Å²) in [5.41, 5.74) is 5.41. The average Bonchev–Trinajstić information content (AvgIpc) is 2.67. The lowest BCUT2D eigenvalue weighted by atomic mass is 9.99. The van der Waals surface area contributed by atoms with Crippen molar-refractivity contribution in [1.29, 1.82) is 0 Å². The number of rotatable bonds is 3. The highest BCUT2D eigenvalue weighted by Gasteiger charge is 2.17. The minimum Gasteiger partial charge on any atom is -0.339 e. The van der Waals surface area contributed by atoms with E-state index in [2.05, 4.69) is 10.1 Å². The molecule has 1 aliphatic rings. The van der Waals surface area contributed by atoms with E-state index in [-0.39, 0.29) is 0 Å². The predicted octanol–water partition coefficient (Wildman–Crippen LogP) is 1.21. The molecule has 0 radical (unpaired) electrons. The quantitative estimate of drug-likeness (QED) is 0.817. The summed E-state index contributed by atoms with van der Waals surface area (Å²) in [5, 5.41) is 3.78. The second kappa shape index (κ2) is 4.79. The fraction of sp³-hybridized carbons (Fsp3) is 0.778. The van der Waals surface area contributed by atoms with Crippen LogP contribution in [0.25, 0.3) is 0 Å². The number of nitrogens with zero attached hydrogens (tertiary/aromatic N) is 2. The van der Waals surface area contributed by atoms with Gasteiger partial charge in [-0.25, -0.2) is 0 Å². The van der Waals surface area contributed by atoms with E-state index in [0.717, 1.165) is 18.2 Å². The van der Waals surface area contributed by atoms with Gasteiger partial charge >= 0.3 is 0 Å². The van der Waals surface area contributed by atoms with Crippen molar-refractivity contribution in [1.82, 2.24) is 10.1 Å². The minimum absolute atomic E-state index is 0.365. The third-order valence-corrected chi connectivity index (χ3v) is 3.55. The molecule has 2 rings (SSSR count). The van der Waals surface area contributed by atoms with E-state index in [0.29, 0.717) is 12.4 Å². The van der Waals surface area contributed by atoms with Crippen LogP contribution in [-0.2, 0) is 13.0 Å². The Bertz CT molecular complexity index is 283. The normalized spacial score (nSPS) is 18.6. The fourth-order valence-electron chi connectivity index (χ4n) is 1.65. The molecule has 1 fully saturated rings. The van der Waals surface area contributed by atoms with Crippen molar-refractivity contribution >= 4 is 11.8 Å². The van der Waals surface area contributed by atoms with Crippen LogP contribution in [0.1, 0.15) is 24.6 Å². The first-order valence-corrected chi connectivity index (χ1v) is 6.13. The van der Waals surface area contributed by atoms with Gasteiger partial charge in [0, 0.05) is 6.42 Å². The molecule has 0 saturated carbocycles.